The Hall–Kier alpha value is -1.48. The van der Waals surface area contributed by atoms with Crippen LogP contribution >= 0.6 is 0 Å². The maximum absolute atomic E-state index is 5.68. The van der Waals surface area contributed by atoms with Gasteiger partial charge in [0.1, 0.15) is 5.75 Å². The van der Waals surface area contributed by atoms with Gasteiger partial charge in [-0.05, 0) is 50.5 Å². The Morgan fingerprint density at radius 1 is 1.37 bits per heavy atom. The number of ether oxygens (including phenoxy) is 2. The van der Waals surface area contributed by atoms with E-state index in [0.29, 0.717) is 12.7 Å². The molecule has 3 nitrogen and oxygen atoms in total. The predicted molar refractivity (Wildman–Crippen MR) is 76.7 cm³/mol. The minimum atomic E-state index is 0.458. The molecular weight excluding hydrogens is 238 g/mol. The van der Waals surface area contributed by atoms with Crippen LogP contribution in [-0.4, -0.2) is 23.9 Å². The van der Waals surface area contributed by atoms with E-state index >= 15 is 0 Å². The second kappa shape index (κ2) is 5.66. The van der Waals surface area contributed by atoms with Crippen molar-refractivity contribution in [2.45, 2.75) is 38.8 Å². The number of nitrogens with zero attached hydrogens (tertiary/aromatic N) is 1. The van der Waals surface area contributed by atoms with Crippen LogP contribution in [0, 0.1) is 0 Å². The van der Waals surface area contributed by atoms with Crippen LogP contribution in [0.15, 0.2) is 30.5 Å². The lowest BCUT2D eigenvalue weighted by Gasteiger charge is -2.11. The van der Waals surface area contributed by atoms with Crippen LogP contribution in [0.25, 0.3) is 10.9 Å². The van der Waals surface area contributed by atoms with Crippen molar-refractivity contribution in [3.8, 4) is 5.75 Å². The molecule has 0 spiro atoms. The maximum atomic E-state index is 5.68. The van der Waals surface area contributed by atoms with E-state index < -0.39 is 0 Å². The van der Waals surface area contributed by atoms with Gasteiger partial charge in [-0.15, -0.1) is 0 Å². The lowest BCUT2D eigenvalue weighted by Crippen LogP contribution is -2.09. The monoisotopic (exact) mass is 259 g/mol. The highest BCUT2D eigenvalue weighted by Crippen LogP contribution is 2.23. The Balaban J connectivity index is 1.72. The molecule has 3 rings (SSSR count). The third kappa shape index (κ3) is 2.76. The summed E-state index contributed by atoms with van der Waals surface area (Å²) >= 11 is 0. The molecule has 1 atom stereocenters. The summed E-state index contributed by atoms with van der Waals surface area (Å²) in [7, 11) is 0. The van der Waals surface area contributed by atoms with Crippen molar-refractivity contribution in [2.24, 2.45) is 0 Å². The van der Waals surface area contributed by atoms with Gasteiger partial charge in [-0.2, -0.15) is 0 Å². The summed E-state index contributed by atoms with van der Waals surface area (Å²) in [4.78, 5) is 0. The maximum Gasteiger partial charge on any atom is 0.120 e. The molecular formula is C16H21NO2. The molecule has 1 aliphatic rings. The fourth-order valence-corrected chi connectivity index (χ4v) is 2.78. The first-order valence-electron chi connectivity index (χ1n) is 7.20. The largest absolute Gasteiger partial charge is 0.494 e. The van der Waals surface area contributed by atoms with Gasteiger partial charge in [-0.1, -0.05) is 0 Å². The lowest BCUT2D eigenvalue weighted by atomic mass is 10.2. The van der Waals surface area contributed by atoms with E-state index in [1.807, 2.05) is 6.92 Å². The van der Waals surface area contributed by atoms with E-state index in [4.69, 9.17) is 9.47 Å². The van der Waals surface area contributed by atoms with E-state index in [-0.39, 0.29) is 0 Å². The normalized spacial score (nSPS) is 19.1. The summed E-state index contributed by atoms with van der Waals surface area (Å²) in [6.07, 6.45) is 6.16. The molecule has 0 N–H and O–H groups in total. The van der Waals surface area contributed by atoms with Gasteiger partial charge >= 0.3 is 0 Å². The Morgan fingerprint density at radius 2 is 2.32 bits per heavy atom. The minimum Gasteiger partial charge on any atom is -0.494 e. The first-order valence-corrected chi connectivity index (χ1v) is 7.20. The Morgan fingerprint density at radius 3 is 3.11 bits per heavy atom. The highest BCUT2D eigenvalue weighted by atomic mass is 16.5. The summed E-state index contributed by atoms with van der Waals surface area (Å²) in [5.41, 5.74) is 1.28. The molecule has 102 valence electrons. The summed E-state index contributed by atoms with van der Waals surface area (Å²) in [5.74, 6) is 0.951. The van der Waals surface area contributed by atoms with Crippen LogP contribution in [0.2, 0.25) is 0 Å². The van der Waals surface area contributed by atoms with Gasteiger partial charge in [0.05, 0.1) is 12.7 Å². The van der Waals surface area contributed by atoms with Gasteiger partial charge in [0, 0.05) is 30.3 Å². The number of aromatic nitrogens is 1. The summed E-state index contributed by atoms with van der Waals surface area (Å²) in [5, 5.41) is 1.25. The zero-order valence-corrected chi connectivity index (χ0v) is 11.5. The van der Waals surface area contributed by atoms with E-state index in [9.17, 15) is 0 Å². The lowest BCUT2D eigenvalue weighted by molar-refractivity contribution is 0.101. The first-order chi connectivity index (χ1) is 9.36. The highest BCUT2D eigenvalue weighted by molar-refractivity contribution is 5.81. The molecule has 0 aliphatic carbocycles. The van der Waals surface area contributed by atoms with Crippen molar-refractivity contribution < 1.29 is 9.47 Å². The summed E-state index contributed by atoms with van der Waals surface area (Å²) < 4.78 is 13.5. The highest BCUT2D eigenvalue weighted by Gasteiger charge is 2.15. The molecule has 3 heteroatoms. The molecule has 1 unspecified atom stereocenters. The zero-order chi connectivity index (χ0) is 13.1. The van der Waals surface area contributed by atoms with Crippen LogP contribution in [-0.2, 0) is 11.3 Å². The topological polar surface area (TPSA) is 23.4 Å². The smallest absolute Gasteiger partial charge is 0.120 e. The van der Waals surface area contributed by atoms with Gasteiger partial charge in [-0.3, -0.25) is 0 Å². The van der Waals surface area contributed by atoms with Crippen molar-refractivity contribution >= 4 is 10.9 Å². The van der Waals surface area contributed by atoms with Gasteiger partial charge in [0.25, 0.3) is 0 Å². The van der Waals surface area contributed by atoms with Gasteiger partial charge in [0.2, 0.25) is 0 Å². The van der Waals surface area contributed by atoms with E-state index in [0.717, 1.165) is 25.3 Å². The van der Waals surface area contributed by atoms with Gasteiger partial charge in [0.15, 0.2) is 0 Å². The number of rotatable bonds is 5. The van der Waals surface area contributed by atoms with E-state index in [1.165, 1.54) is 23.7 Å². The molecule has 2 heterocycles. The number of hydrogen-bond donors (Lipinski definition) is 0. The molecule has 1 aromatic carbocycles. The molecule has 0 radical (unpaired) electrons. The zero-order valence-electron chi connectivity index (χ0n) is 11.5. The molecule has 1 aliphatic heterocycles. The van der Waals surface area contributed by atoms with Gasteiger partial charge < -0.3 is 14.0 Å². The number of aryl methyl sites for hydroxylation is 1. The molecule has 19 heavy (non-hydrogen) atoms. The molecule has 1 saturated heterocycles. The fraction of sp³-hybridized carbons (Fsp3) is 0.500. The van der Waals surface area contributed by atoms with Crippen molar-refractivity contribution in [1.82, 2.24) is 4.57 Å². The summed E-state index contributed by atoms with van der Waals surface area (Å²) in [6.45, 7) is 4.69. The average Bonchev–Trinajstić information content (AvgIpc) is 3.05. The predicted octanol–water partition coefficient (Wildman–Crippen LogP) is 3.61. The van der Waals surface area contributed by atoms with Crippen LogP contribution in [0.1, 0.15) is 26.2 Å². The Bertz CT molecular complexity index is 541. The van der Waals surface area contributed by atoms with E-state index in [1.54, 1.807) is 0 Å². The van der Waals surface area contributed by atoms with Crippen LogP contribution in [0.5, 0.6) is 5.75 Å². The molecule has 1 aromatic heterocycles. The average molecular weight is 259 g/mol. The van der Waals surface area contributed by atoms with Crippen LogP contribution in [0.4, 0.5) is 0 Å². The van der Waals surface area contributed by atoms with Crippen molar-refractivity contribution in [3.05, 3.63) is 30.5 Å². The van der Waals surface area contributed by atoms with E-state index in [2.05, 4.69) is 35.0 Å². The second-order valence-corrected chi connectivity index (χ2v) is 5.09. The Labute approximate surface area is 114 Å². The quantitative estimate of drug-likeness (QED) is 0.819. The first kappa shape index (κ1) is 12.5. The fourth-order valence-electron chi connectivity index (χ4n) is 2.78. The van der Waals surface area contributed by atoms with Crippen LogP contribution in [0.3, 0.4) is 0 Å². The SMILES string of the molecule is CCOc1ccc2c(ccn2CCC2CCCO2)c1. The second-order valence-electron chi connectivity index (χ2n) is 5.09. The third-order valence-corrected chi connectivity index (χ3v) is 3.77. The molecule has 0 bridgehead atoms. The van der Waals surface area contributed by atoms with Crippen LogP contribution < -0.4 is 4.74 Å². The number of hydrogen-bond acceptors (Lipinski definition) is 2. The molecule has 0 saturated carbocycles. The standard InChI is InChI=1S/C16H21NO2/c1-2-18-15-5-6-16-13(12-15)7-9-17(16)10-8-14-4-3-11-19-14/h5-7,9,12,14H,2-4,8,10-11H2,1H3. The number of fused-ring (bicyclic) bond motifs is 1. The molecule has 2 aromatic rings. The molecule has 0 amide bonds. The molecule has 1 fully saturated rings. The van der Waals surface area contributed by atoms with Crippen molar-refractivity contribution in [2.75, 3.05) is 13.2 Å². The van der Waals surface area contributed by atoms with Gasteiger partial charge in [-0.25, -0.2) is 0 Å². The third-order valence-electron chi connectivity index (χ3n) is 3.77. The Kier molecular flexibility index (Phi) is 3.74. The number of benzene rings is 1. The van der Waals surface area contributed by atoms with Crippen molar-refractivity contribution in [3.63, 3.8) is 0 Å². The minimum absolute atomic E-state index is 0.458. The summed E-state index contributed by atoms with van der Waals surface area (Å²) in [6, 6.07) is 8.47. The van der Waals surface area contributed by atoms with Crippen molar-refractivity contribution in [1.29, 1.82) is 0 Å².